The van der Waals surface area contributed by atoms with Crippen LogP contribution in [-0.2, 0) is 30.5 Å². The number of alkyl halides is 3. The number of ketones is 1. The second-order valence-electron chi connectivity index (χ2n) is 8.83. The zero-order chi connectivity index (χ0) is 26.6. The van der Waals surface area contributed by atoms with Crippen molar-refractivity contribution in [3.63, 3.8) is 0 Å². The van der Waals surface area contributed by atoms with Gasteiger partial charge in [-0.05, 0) is 50.5 Å². The number of halogens is 3. The highest BCUT2D eigenvalue weighted by Crippen LogP contribution is 2.32. The van der Waals surface area contributed by atoms with Crippen LogP contribution in [0.5, 0.6) is 0 Å². The van der Waals surface area contributed by atoms with Crippen molar-refractivity contribution in [3.05, 3.63) is 54.2 Å². The van der Waals surface area contributed by atoms with E-state index in [9.17, 15) is 31.2 Å². The van der Waals surface area contributed by atoms with Crippen LogP contribution in [0.4, 0.5) is 18.9 Å². The number of carbonyl (C=O) groups is 2. The van der Waals surface area contributed by atoms with E-state index in [-0.39, 0.29) is 31.6 Å². The zero-order valence-electron chi connectivity index (χ0n) is 19.9. The van der Waals surface area contributed by atoms with Gasteiger partial charge in [-0.1, -0.05) is 25.1 Å². The first-order valence-electron chi connectivity index (χ1n) is 11.5. The van der Waals surface area contributed by atoms with Gasteiger partial charge in [0.05, 0.1) is 5.56 Å². The Morgan fingerprint density at radius 1 is 1.17 bits per heavy atom. The van der Waals surface area contributed by atoms with Gasteiger partial charge >= 0.3 is 12.1 Å². The van der Waals surface area contributed by atoms with Gasteiger partial charge in [0.2, 0.25) is 0 Å². The Kier molecular flexibility index (Phi) is 8.40. The average Bonchev–Trinajstić information content (AvgIpc) is 2.81. The molecule has 2 aromatic rings. The molecule has 1 saturated heterocycles. The second-order valence-corrected chi connectivity index (χ2v) is 10.5. The Labute approximate surface area is 207 Å². The third kappa shape index (κ3) is 6.61. The van der Waals surface area contributed by atoms with Gasteiger partial charge in [-0.15, -0.1) is 0 Å². The number of carbonyl (C=O) groups excluding carboxylic acids is 2. The monoisotopic (exact) mass is 527 g/mol. The molecule has 1 N–H and O–H groups in total. The van der Waals surface area contributed by atoms with Crippen molar-refractivity contribution in [1.82, 2.24) is 9.71 Å². The van der Waals surface area contributed by atoms with Crippen LogP contribution in [0.1, 0.15) is 45.1 Å². The first-order chi connectivity index (χ1) is 16.9. The average molecular weight is 528 g/mol. The fourth-order valence-corrected chi connectivity index (χ4v) is 5.09. The molecule has 196 valence electrons. The van der Waals surface area contributed by atoms with Gasteiger partial charge in [-0.2, -0.15) is 13.2 Å². The number of pyridine rings is 1. The molecular weight excluding hydrogens is 499 g/mol. The van der Waals surface area contributed by atoms with Gasteiger partial charge in [0.1, 0.15) is 5.60 Å². The summed E-state index contributed by atoms with van der Waals surface area (Å²) in [6.45, 7) is 3.98. The molecule has 1 aliphatic rings. The molecule has 2 heterocycles. The fraction of sp³-hybridized carbons (Fsp3) is 0.458. The molecule has 2 unspecified atom stereocenters. The van der Waals surface area contributed by atoms with E-state index >= 15 is 0 Å². The van der Waals surface area contributed by atoms with E-state index < -0.39 is 44.4 Å². The number of aromatic nitrogens is 1. The summed E-state index contributed by atoms with van der Waals surface area (Å²) in [6, 6.07) is 9.50. The lowest BCUT2D eigenvalue weighted by molar-refractivity contribution is -0.171. The number of para-hydroxylation sites is 1. The summed E-state index contributed by atoms with van der Waals surface area (Å²) in [5.74, 6) is -0.929. The van der Waals surface area contributed by atoms with Crippen molar-refractivity contribution in [1.29, 1.82) is 0 Å². The molecular formula is C24H28F3N3O5S. The molecule has 0 saturated carbocycles. The van der Waals surface area contributed by atoms with Gasteiger partial charge in [-0.3, -0.25) is 4.79 Å². The minimum absolute atomic E-state index is 0.0241. The largest absolute Gasteiger partial charge is 0.457 e. The van der Waals surface area contributed by atoms with Crippen LogP contribution in [0, 0.1) is 0 Å². The number of ether oxygens (including phenoxy) is 1. The number of hydrogen-bond donors (Lipinski definition) is 1. The molecule has 1 aromatic heterocycles. The predicted molar refractivity (Wildman–Crippen MR) is 126 cm³/mol. The summed E-state index contributed by atoms with van der Waals surface area (Å²) >= 11 is 0. The molecule has 1 aliphatic heterocycles. The normalized spacial score (nSPS) is 20.8. The third-order valence-electron chi connectivity index (χ3n) is 5.80. The Morgan fingerprint density at radius 3 is 2.42 bits per heavy atom. The molecule has 0 bridgehead atoms. The predicted octanol–water partition coefficient (Wildman–Crippen LogP) is 3.72. The van der Waals surface area contributed by atoms with Crippen LogP contribution in [-0.4, -0.2) is 49.9 Å². The molecule has 0 aliphatic carbocycles. The molecule has 2 atom stereocenters. The number of nitrogens with one attached hydrogen (secondary N) is 1. The number of nitrogens with zero attached hydrogens (tertiary/aromatic N) is 2. The number of anilines is 1. The maximum Gasteiger partial charge on any atom is 0.417 e. The van der Waals surface area contributed by atoms with Gasteiger partial charge in [0.15, 0.2) is 16.9 Å². The molecule has 0 spiro atoms. The van der Waals surface area contributed by atoms with E-state index in [0.29, 0.717) is 18.8 Å². The van der Waals surface area contributed by atoms with Crippen LogP contribution >= 0.6 is 0 Å². The summed E-state index contributed by atoms with van der Waals surface area (Å²) in [4.78, 5) is 31.1. The Morgan fingerprint density at radius 2 is 1.86 bits per heavy atom. The van der Waals surface area contributed by atoms with Crippen molar-refractivity contribution >= 4 is 27.5 Å². The number of Topliss-reactive ketones (excluding diaryl/α,β-unsaturated/α-hetero) is 1. The van der Waals surface area contributed by atoms with E-state index in [4.69, 9.17) is 4.74 Å². The van der Waals surface area contributed by atoms with Crippen molar-refractivity contribution in [2.45, 2.75) is 62.4 Å². The van der Waals surface area contributed by atoms with E-state index in [1.165, 1.54) is 0 Å². The van der Waals surface area contributed by atoms with Crippen molar-refractivity contribution in [2.24, 2.45) is 0 Å². The number of rotatable bonds is 10. The number of cyclic esters (lactones) is 1. The first-order valence-corrected chi connectivity index (χ1v) is 12.9. The molecule has 1 fully saturated rings. The maximum atomic E-state index is 13.0. The van der Waals surface area contributed by atoms with E-state index in [1.54, 1.807) is 11.8 Å². The Balaban J connectivity index is 1.58. The summed E-state index contributed by atoms with van der Waals surface area (Å²) < 4.78 is 70.6. The Hall–Kier alpha value is -2.99. The molecule has 36 heavy (non-hydrogen) atoms. The summed E-state index contributed by atoms with van der Waals surface area (Å²) in [5, 5.41) is -0.541. The van der Waals surface area contributed by atoms with E-state index in [1.807, 2.05) is 37.3 Å². The van der Waals surface area contributed by atoms with E-state index in [0.717, 1.165) is 18.2 Å². The summed E-state index contributed by atoms with van der Waals surface area (Å²) in [6.07, 6.45) is -3.05. The molecule has 3 rings (SSSR count). The number of sulfonamides is 1. The minimum Gasteiger partial charge on any atom is -0.457 e. The van der Waals surface area contributed by atoms with Crippen molar-refractivity contribution in [3.8, 4) is 0 Å². The Bertz CT molecular complexity index is 1150. The van der Waals surface area contributed by atoms with Crippen LogP contribution in [0.25, 0.3) is 0 Å². The van der Waals surface area contributed by atoms with E-state index in [2.05, 4.69) is 9.71 Å². The highest BCUT2D eigenvalue weighted by atomic mass is 32.2. The highest BCUT2D eigenvalue weighted by Gasteiger charge is 2.46. The SMILES string of the molecule is CCCN(c1ccccc1)C1C(=O)CC(C)(CCCNS(=O)(=O)c2ccc(C(F)(F)F)cn2)OC1=O. The number of hydrogen-bond acceptors (Lipinski definition) is 7. The third-order valence-corrected chi connectivity index (χ3v) is 7.18. The first kappa shape index (κ1) is 27.6. The lowest BCUT2D eigenvalue weighted by Gasteiger charge is -2.40. The standard InChI is InChI=1S/C24H28F3N3O5S/c1-3-14-30(18-8-5-4-6-9-18)21-19(31)15-23(2,35-22(21)32)12-7-13-29-36(33,34)20-11-10-17(16-28-20)24(25,26)27/h4-6,8-11,16,21,29H,3,7,12-15H2,1-2H3. The van der Waals surface area contributed by atoms with Crippen molar-refractivity contribution in [2.75, 3.05) is 18.0 Å². The van der Waals surface area contributed by atoms with Gasteiger partial charge in [0.25, 0.3) is 10.0 Å². The van der Waals surface area contributed by atoms with Gasteiger partial charge in [-0.25, -0.2) is 22.9 Å². The van der Waals surface area contributed by atoms with Crippen LogP contribution in [0.15, 0.2) is 53.7 Å². The van der Waals surface area contributed by atoms with Gasteiger partial charge in [0, 0.05) is 31.4 Å². The number of esters is 1. The smallest absolute Gasteiger partial charge is 0.417 e. The minimum atomic E-state index is -4.62. The molecule has 0 amide bonds. The van der Waals surface area contributed by atoms with Crippen LogP contribution in [0.3, 0.4) is 0 Å². The maximum absolute atomic E-state index is 13.0. The molecule has 0 radical (unpaired) electrons. The van der Waals surface area contributed by atoms with Crippen LogP contribution in [0.2, 0.25) is 0 Å². The topological polar surface area (TPSA) is 106 Å². The second kappa shape index (κ2) is 11.0. The summed E-state index contributed by atoms with van der Waals surface area (Å²) in [7, 11) is -4.13. The highest BCUT2D eigenvalue weighted by molar-refractivity contribution is 7.89. The number of benzene rings is 1. The fourth-order valence-electron chi connectivity index (χ4n) is 4.09. The molecule has 8 nitrogen and oxygen atoms in total. The molecule has 1 aromatic carbocycles. The zero-order valence-corrected chi connectivity index (χ0v) is 20.7. The summed E-state index contributed by atoms with van der Waals surface area (Å²) in [5.41, 5.74) is -1.41. The van der Waals surface area contributed by atoms with Gasteiger partial charge < -0.3 is 9.64 Å². The molecule has 12 heteroatoms. The lowest BCUT2D eigenvalue weighted by Crippen LogP contribution is -2.56. The van der Waals surface area contributed by atoms with Crippen LogP contribution < -0.4 is 9.62 Å². The quantitative estimate of drug-likeness (QED) is 0.285. The van der Waals surface area contributed by atoms with Crippen molar-refractivity contribution < 1.29 is 35.9 Å². The lowest BCUT2D eigenvalue weighted by atomic mass is 9.87.